The summed E-state index contributed by atoms with van der Waals surface area (Å²) in [4.78, 5) is 12.3. The fourth-order valence-electron chi connectivity index (χ4n) is 2.70. The molecule has 0 bridgehead atoms. The molecular formula is C20H25NO. The molecule has 22 heavy (non-hydrogen) atoms. The molecule has 0 radical (unpaired) electrons. The SMILES string of the molecule is Cc1ccc(C)c(C(C)NC(=O)Cc2ccc(C)c(C)c2)c1. The van der Waals surface area contributed by atoms with Gasteiger partial charge in [0.25, 0.3) is 0 Å². The first-order chi connectivity index (χ1) is 10.4. The molecule has 2 heteroatoms. The van der Waals surface area contributed by atoms with E-state index in [-0.39, 0.29) is 11.9 Å². The highest BCUT2D eigenvalue weighted by Crippen LogP contribution is 2.19. The van der Waals surface area contributed by atoms with Crippen molar-refractivity contribution in [3.63, 3.8) is 0 Å². The van der Waals surface area contributed by atoms with E-state index in [0.29, 0.717) is 6.42 Å². The molecule has 2 nitrogen and oxygen atoms in total. The van der Waals surface area contributed by atoms with Gasteiger partial charge in [-0.1, -0.05) is 42.0 Å². The highest BCUT2D eigenvalue weighted by molar-refractivity contribution is 5.79. The zero-order valence-electron chi connectivity index (χ0n) is 14.2. The zero-order valence-corrected chi connectivity index (χ0v) is 14.2. The summed E-state index contributed by atoms with van der Waals surface area (Å²) in [6.45, 7) is 10.4. The molecule has 2 rings (SSSR count). The maximum atomic E-state index is 12.3. The normalized spacial score (nSPS) is 12.0. The van der Waals surface area contributed by atoms with Gasteiger partial charge in [0.15, 0.2) is 0 Å². The fourth-order valence-corrected chi connectivity index (χ4v) is 2.70. The third kappa shape index (κ3) is 3.97. The van der Waals surface area contributed by atoms with Crippen LogP contribution in [0, 0.1) is 27.7 Å². The topological polar surface area (TPSA) is 29.1 Å². The molecule has 0 aliphatic carbocycles. The minimum absolute atomic E-state index is 0.0268. The Morgan fingerprint density at radius 3 is 2.32 bits per heavy atom. The number of rotatable bonds is 4. The molecule has 0 saturated carbocycles. The lowest BCUT2D eigenvalue weighted by Crippen LogP contribution is -2.28. The summed E-state index contributed by atoms with van der Waals surface area (Å²) >= 11 is 0. The second kappa shape index (κ2) is 6.78. The van der Waals surface area contributed by atoms with Gasteiger partial charge in [-0.05, 0) is 62.4 Å². The van der Waals surface area contributed by atoms with Gasteiger partial charge in [0.05, 0.1) is 12.5 Å². The number of nitrogens with one attached hydrogen (secondary N) is 1. The van der Waals surface area contributed by atoms with E-state index in [2.05, 4.69) is 63.3 Å². The van der Waals surface area contributed by atoms with E-state index in [0.717, 1.165) is 5.56 Å². The lowest BCUT2D eigenvalue weighted by molar-refractivity contribution is -0.121. The van der Waals surface area contributed by atoms with Crippen LogP contribution in [0.1, 0.15) is 46.3 Å². The van der Waals surface area contributed by atoms with Crippen LogP contribution in [0.4, 0.5) is 0 Å². The van der Waals surface area contributed by atoms with Gasteiger partial charge in [0.2, 0.25) is 5.91 Å². The molecule has 2 aromatic carbocycles. The minimum atomic E-state index is 0.0268. The Morgan fingerprint density at radius 1 is 0.955 bits per heavy atom. The molecule has 0 saturated heterocycles. The molecule has 2 aromatic rings. The summed E-state index contributed by atoms with van der Waals surface area (Å²) in [6.07, 6.45) is 0.427. The molecular weight excluding hydrogens is 270 g/mol. The summed E-state index contributed by atoms with van der Waals surface area (Å²) in [5.41, 5.74) is 7.17. The van der Waals surface area contributed by atoms with Gasteiger partial charge in [-0.3, -0.25) is 4.79 Å². The average Bonchev–Trinajstić information content (AvgIpc) is 2.45. The number of hydrogen-bond donors (Lipinski definition) is 1. The summed E-state index contributed by atoms with van der Waals surface area (Å²) in [5, 5.41) is 3.11. The van der Waals surface area contributed by atoms with Gasteiger partial charge in [-0.25, -0.2) is 0 Å². The van der Waals surface area contributed by atoms with Crippen molar-refractivity contribution in [2.45, 2.75) is 47.1 Å². The first kappa shape index (κ1) is 16.3. The lowest BCUT2D eigenvalue weighted by Gasteiger charge is -2.17. The first-order valence-corrected chi connectivity index (χ1v) is 7.79. The van der Waals surface area contributed by atoms with Gasteiger partial charge in [-0.15, -0.1) is 0 Å². The van der Waals surface area contributed by atoms with Crippen molar-refractivity contribution in [1.29, 1.82) is 0 Å². The van der Waals surface area contributed by atoms with Crippen LogP contribution in [-0.4, -0.2) is 5.91 Å². The van der Waals surface area contributed by atoms with Crippen molar-refractivity contribution in [3.05, 3.63) is 69.8 Å². The Labute approximate surface area is 133 Å². The molecule has 0 fully saturated rings. The van der Waals surface area contributed by atoms with Crippen LogP contribution < -0.4 is 5.32 Å². The van der Waals surface area contributed by atoms with E-state index < -0.39 is 0 Å². The second-order valence-electron chi connectivity index (χ2n) is 6.24. The standard InChI is InChI=1S/C20H25NO/c1-13-6-7-15(3)19(10-13)17(5)21-20(22)12-18-9-8-14(2)16(4)11-18/h6-11,17H,12H2,1-5H3,(H,21,22). The second-order valence-corrected chi connectivity index (χ2v) is 6.24. The molecule has 0 aromatic heterocycles. The van der Waals surface area contributed by atoms with Gasteiger partial charge in [0.1, 0.15) is 0 Å². The van der Waals surface area contributed by atoms with Crippen molar-refractivity contribution >= 4 is 5.91 Å². The Morgan fingerprint density at radius 2 is 1.64 bits per heavy atom. The van der Waals surface area contributed by atoms with Crippen LogP contribution in [0.25, 0.3) is 0 Å². The van der Waals surface area contributed by atoms with Crippen LogP contribution in [-0.2, 0) is 11.2 Å². The van der Waals surface area contributed by atoms with E-state index in [4.69, 9.17) is 0 Å². The highest BCUT2D eigenvalue weighted by atomic mass is 16.1. The zero-order chi connectivity index (χ0) is 16.3. The summed E-state index contributed by atoms with van der Waals surface area (Å²) in [6, 6.07) is 12.6. The Kier molecular flexibility index (Phi) is 5.02. The molecule has 0 spiro atoms. The van der Waals surface area contributed by atoms with Crippen LogP contribution >= 0.6 is 0 Å². The molecule has 0 aliphatic heterocycles. The quantitative estimate of drug-likeness (QED) is 0.893. The van der Waals surface area contributed by atoms with Crippen LogP contribution in [0.15, 0.2) is 36.4 Å². The van der Waals surface area contributed by atoms with E-state index in [1.807, 2.05) is 13.0 Å². The van der Waals surface area contributed by atoms with Crippen molar-refractivity contribution in [3.8, 4) is 0 Å². The third-order valence-corrected chi connectivity index (χ3v) is 4.21. The Bertz CT molecular complexity index is 688. The molecule has 0 heterocycles. The number of amides is 1. The van der Waals surface area contributed by atoms with Crippen LogP contribution in [0.5, 0.6) is 0 Å². The molecule has 0 aliphatic rings. The Hall–Kier alpha value is -2.09. The van der Waals surface area contributed by atoms with E-state index in [9.17, 15) is 4.79 Å². The molecule has 1 atom stereocenters. The Balaban J connectivity index is 2.05. The van der Waals surface area contributed by atoms with E-state index in [1.54, 1.807) is 0 Å². The number of carbonyl (C=O) groups is 1. The van der Waals surface area contributed by atoms with Crippen LogP contribution in [0.3, 0.4) is 0 Å². The summed E-state index contributed by atoms with van der Waals surface area (Å²) in [5.74, 6) is 0.0664. The predicted octanol–water partition coefficient (Wildman–Crippen LogP) is 4.34. The fraction of sp³-hybridized carbons (Fsp3) is 0.350. The van der Waals surface area contributed by atoms with Crippen molar-refractivity contribution in [1.82, 2.24) is 5.32 Å². The minimum Gasteiger partial charge on any atom is -0.349 e. The van der Waals surface area contributed by atoms with Crippen LogP contribution in [0.2, 0.25) is 0 Å². The van der Waals surface area contributed by atoms with Crippen molar-refractivity contribution in [2.24, 2.45) is 0 Å². The largest absolute Gasteiger partial charge is 0.349 e. The predicted molar refractivity (Wildman–Crippen MR) is 92.1 cm³/mol. The number of benzene rings is 2. The van der Waals surface area contributed by atoms with Crippen molar-refractivity contribution in [2.75, 3.05) is 0 Å². The smallest absolute Gasteiger partial charge is 0.224 e. The summed E-state index contributed by atoms with van der Waals surface area (Å²) < 4.78 is 0. The van der Waals surface area contributed by atoms with Crippen molar-refractivity contribution < 1.29 is 4.79 Å². The first-order valence-electron chi connectivity index (χ1n) is 7.79. The molecule has 1 N–H and O–H groups in total. The van der Waals surface area contributed by atoms with Gasteiger partial charge >= 0.3 is 0 Å². The molecule has 1 unspecified atom stereocenters. The molecule has 116 valence electrons. The number of carbonyl (C=O) groups excluding carboxylic acids is 1. The van der Waals surface area contributed by atoms with E-state index in [1.165, 1.54) is 27.8 Å². The average molecular weight is 295 g/mol. The summed E-state index contributed by atoms with van der Waals surface area (Å²) in [7, 11) is 0. The highest BCUT2D eigenvalue weighted by Gasteiger charge is 2.12. The van der Waals surface area contributed by atoms with Gasteiger partial charge in [0, 0.05) is 0 Å². The lowest BCUT2D eigenvalue weighted by atomic mass is 9.99. The maximum absolute atomic E-state index is 12.3. The molecule has 1 amide bonds. The van der Waals surface area contributed by atoms with Gasteiger partial charge < -0.3 is 5.32 Å². The van der Waals surface area contributed by atoms with Gasteiger partial charge in [-0.2, -0.15) is 0 Å². The number of hydrogen-bond acceptors (Lipinski definition) is 1. The third-order valence-electron chi connectivity index (χ3n) is 4.21. The monoisotopic (exact) mass is 295 g/mol. The van der Waals surface area contributed by atoms with E-state index >= 15 is 0 Å². The number of aryl methyl sites for hydroxylation is 4. The maximum Gasteiger partial charge on any atom is 0.224 e.